The van der Waals surface area contributed by atoms with Crippen LogP contribution in [0.3, 0.4) is 0 Å². The summed E-state index contributed by atoms with van der Waals surface area (Å²) in [5, 5.41) is 8.70. The van der Waals surface area contributed by atoms with Gasteiger partial charge in [0.1, 0.15) is 5.78 Å². The topological polar surface area (TPSA) is 37.3 Å². The number of carbonyl (C=O) groups excluding carboxylic acids is 1. The maximum Gasteiger partial charge on any atom is 0.138 e. The lowest BCUT2D eigenvalue weighted by Crippen LogP contribution is -2.16. The summed E-state index contributed by atoms with van der Waals surface area (Å²) in [5.41, 5.74) is 0. The number of ketones is 1. The Hall–Kier alpha value is -0.370. The Kier molecular flexibility index (Phi) is 5.22. The first-order valence-electron chi connectivity index (χ1n) is 3.89. The predicted molar refractivity (Wildman–Crippen MR) is 40.8 cm³/mol. The molecule has 0 aromatic heterocycles. The molecule has 0 amide bonds. The highest BCUT2D eigenvalue weighted by Gasteiger charge is 2.12. The molecule has 0 saturated carbocycles. The van der Waals surface area contributed by atoms with E-state index in [9.17, 15) is 4.79 Å². The van der Waals surface area contributed by atoms with E-state index >= 15 is 0 Å². The number of aliphatic hydroxyl groups excluding tert-OH is 1. The average Bonchev–Trinajstić information content (AvgIpc) is 1.91. The van der Waals surface area contributed by atoms with Gasteiger partial charge in [0.15, 0.2) is 0 Å². The quantitative estimate of drug-likeness (QED) is 0.632. The van der Waals surface area contributed by atoms with E-state index in [4.69, 9.17) is 5.11 Å². The van der Waals surface area contributed by atoms with E-state index in [0.717, 1.165) is 12.8 Å². The fraction of sp³-hybridized carbons (Fsp3) is 0.875. The van der Waals surface area contributed by atoms with E-state index in [1.54, 1.807) is 0 Å². The van der Waals surface area contributed by atoms with Crippen molar-refractivity contribution in [3.8, 4) is 0 Å². The van der Waals surface area contributed by atoms with Crippen LogP contribution in [-0.4, -0.2) is 17.5 Å². The van der Waals surface area contributed by atoms with Gasteiger partial charge in [-0.2, -0.15) is 0 Å². The summed E-state index contributed by atoms with van der Waals surface area (Å²) >= 11 is 0. The zero-order valence-electron chi connectivity index (χ0n) is 6.76. The molecule has 0 aliphatic heterocycles. The summed E-state index contributed by atoms with van der Waals surface area (Å²) in [6.07, 6.45) is 2.25. The van der Waals surface area contributed by atoms with Gasteiger partial charge >= 0.3 is 0 Å². The van der Waals surface area contributed by atoms with Crippen LogP contribution in [0.2, 0.25) is 0 Å². The van der Waals surface area contributed by atoms with Crippen molar-refractivity contribution in [2.45, 2.75) is 33.1 Å². The SMILES string of the molecule is CCCC(=O)C(CC)CO. The molecule has 0 rings (SSSR count). The van der Waals surface area contributed by atoms with Gasteiger partial charge in [-0.3, -0.25) is 4.79 Å². The van der Waals surface area contributed by atoms with Crippen molar-refractivity contribution in [1.82, 2.24) is 0 Å². The van der Waals surface area contributed by atoms with E-state index in [2.05, 4.69) is 0 Å². The van der Waals surface area contributed by atoms with Crippen LogP contribution >= 0.6 is 0 Å². The molecule has 1 unspecified atom stereocenters. The number of Topliss-reactive ketones (excluding diaryl/α,β-unsaturated/α-hetero) is 1. The van der Waals surface area contributed by atoms with Crippen LogP contribution in [0.1, 0.15) is 33.1 Å². The minimum atomic E-state index is -0.111. The third-order valence-electron chi connectivity index (χ3n) is 1.66. The van der Waals surface area contributed by atoms with Crippen molar-refractivity contribution in [3.05, 3.63) is 0 Å². The minimum Gasteiger partial charge on any atom is -0.396 e. The van der Waals surface area contributed by atoms with E-state index in [0.29, 0.717) is 6.42 Å². The Morgan fingerprint density at radius 1 is 1.50 bits per heavy atom. The molecule has 0 aliphatic carbocycles. The maximum atomic E-state index is 11.0. The highest BCUT2D eigenvalue weighted by molar-refractivity contribution is 5.80. The van der Waals surface area contributed by atoms with Gasteiger partial charge < -0.3 is 5.11 Å². The molecule has 2 heteroatoms. The maximum absolute atomic E-state index is 11.0. The van der Waals surface area contributed by atoms with Crippen LogP contribution in [0.5, 0.6) is 0 Å². The van der Waals surface area contributed by atoms with E-state index in [1.807, 2.05) is 13.8 Å². The third-order valence-corrected chi connectivity index (χ3v) is 1.66. The second kappa shape index (κ2) is 5.42. The van der Waals surface area contributed by atoms with Crippen molar-refractivity contribution < 1.29 is 9.90 Å². The average molecular weight is 144 g/mol. The molecule has 0 heterocycles. The molecule has 0 fully saturated rings. The van der Waals surface area contributed by atoms with Crippen LogP contribution in [-0.2, 0) is 4.79 Å². The number of rotatable bonds is 5. The van der Waals surface area contributed by atoms with Gasteiger partial charge in [0.25, 0.3) is 0 Å². The zero-order chi connectivity index (χ0) is 7.98. The van der Waals surface area contributed by atoms with Crippen molar-refractivity contribution in [2.75, 3.05) is 6.61 Å². The molecule has 10 heavy (non-hydrogen) atoms. The van der Waals surface area contributed by atoms with Gasteiger partial charge in [0.2, 0.25) is 0 Å². The van der Waals surface area contributed by atoms with Crippen LogP contribution < -0.4 is 0 Å². The third kappa shape index (κ3) is 2.97. The standard InChI is InChI=1S/C8H16O2/c1-3-5-8(10)7(4-2)6-9/h7,9H,3-6H2,1-2H3. The zero-order valence-corrected chi connectivity index (χ0v) is 6.76. The van der Waals surface area contributed by atoms with Gasteiger partial charge in [-0.05, 0) is 12.8 Å². The molecule has 0 spiro atoms. The molecule has 0 aliphatic rings. The monoisotopic (exact) mass is 144 g/mol. The molecule has 60 valence electrons. The molecule has 0 bridgehead atoms. The molecule has 2 nitrogen and oxygen atoms in total. The van der Waals surface area contributed by atoms with Crippen molar-refractivity contribution >= 4 is 5.78 Å². The Morgan fingerprint density at radius 3 is 2.40 bits per heavy atom. The minimum absolute atomic E-state index is 0.00926. The largest absolute Gasteiger partial charge is 0.396 e. The van der Waals surface area contributed by atoms with Crippen LogP contribution in [0.15, 0.2) is 0 Å². The molecule has 0 aromatic carbocycles. The first-order valence-corrected chi connectivity index (χ1v) is 3.89. The molecular formula is C8H16O2. The lowest BCUT2D eigenvalue weighted by molar-refractivity contribution is -0.124. The first-order chi connectivity index (χ1) is 4.76. The highest BCUT2D eigenvalue weighted by atomic mass is 16.3. The van der Waals surface area contributed by atoms with E-state index in [-0.39, 0.29) is 18.3 Å². The van der Waals surface area contributed by atoms with Crippen LogP contribution in [0.25, 0.3) is 0 Å². The van der Waals surface area contributed by atoms with Gasteiger partial charge in [-0.25, -0.2) is 0 Å². The van der Waals surface area contributed by atoms with Gasteiger partial charge in [0.05, 0.1) is 6.61 Å². The van der Waals surface area contributed by atoms with Crippen molar-refractivity contribution in [2.24, 2.45) is 5.92 Å². The summed E-state index contributed by atoms with van der Waals surface area (Å²) in [6.45, 7) is 3.91. The number of hydrogen-bond donors (Lipinski definition) is 1. The number of aliphatic hydroxyl groups is 1. The van der Waals surface area contributed by atoms with Gasteiger partial charge in [0, 0.05) is 12.3 Å². The molecule has 1 N–H and O–H groups in total. The fourth-order valence-electron chi connectivity index (χ4n) is 0.909. The lowest BCUT2D eigenvalue weighted by Gasteiger charge is -2.07. The smallest absolute Gasteiger partial charge is 0.138 e. The Balaban J connectivity index is 3.65. The van der Waals surface area contributed by atoms with E-state index < -0.39 is 0 Å². The van der Waals surface area contributed by atoms with E-state index in [1.165, 1.54) is 0 Å². The summed E-state index contributed by atoms with van der Waals surface area (Å²) in [5.74, 6) is 0.0902. The summed E-state index contributed by atoms with van der Waals surface area (Å²) < 4.78 is 0. The van der Waals surface area contributed by atoms with Gasteiger partial charge in [-0.1, -0.05) is 13.8 Å². The summed E-state index contributed by atoms with van der Waals surface area (Å²) in [6, 6.07) is 0. The first kappa shape index (κ1) is 9.63. The van der Waals surface area contributed by atoms with Gasteiger partial charge in [-0.15, -0.1) is 0 Å². The fourth-order valence-corrected chi connectivity index (χ4v) is 0.909. The normalized spacial score (nSPS) is 13.1. The summed E-state index contributed by atoms with van der Waals surface area (Å²) in [4.78, 5) is 11.0. The Bertz CT molecular complexity index is 95.4. The highest BCUT2D eigenvalue weighted by Crippen LogP contribution is 2.06. The van der Waals surface area contributed by atoms with Crippen molar-refractivity contribution in [1.29, 1.82) is 0 Å². The number of hydrogen-bond acceptors (Lipinski definition) is 2. The molecule has 0 saturated heterocycles. The second-order valence-corrected chi connectivity index (χ2v) is 2.50. The second-order valence-electron chi connectivity index (χ2n) is 2.50. The lowest BCUT2D eigenvalue weighted by atomic mass is 9.99. The van der Waals surface area contributed by atoms with Crippen LogP contribution in [0, 0.1) is 5.92 Å². The van der Waals surface area contributed by atoms with Crippen molar-refractivity contribution in [3.63, 3.8) is 0 Å². The molecular weight excluding hydrogens is 128 g/mol. The molecule has 1 atom stereocenters. The Labute approximate surface area is 62.2 Å². The Morgan fingerprint density at radius 2 is 2.10 bits per heavy atom. The number of carbonyl (C=O) groups is 1. The molecule has 0 aromatic rings. The predicted octanol–water partition coefficient (Wildman–Crippen LogP) is 1.37. The summed E-state index contributed by atoms with van der Waals surface area (Å²) in [7, 11) is 0. The molecule has 0 radical (unpaired) electrons. The van der Waals surface area contributed by atoms with Crippen LogP contribution in [0.4, 0.5) is 0 Å².